The molecule has 0 unspecified atom stereocenters. The lowest BCUT2D eigenvalue weighted by atomic mass is 9.95. The topological polar surface area (TPSA) is 59.6 Å². The van der Waals surface area contributed by atoms with Crippen molar-refractivity contribution in [2.75, 3.05) is 19.8 Å². The van der Waals surface area contributed by atoms with Crippen LogP contribution in [0.2, 0.25) is 0 Å². The highest BCUT2D eigenvalue weighted by Gasteiger charge is 2.30. The molecule has 2 aliphatic heterocycles. The Morgan fingerprint density at radius 3 is 2.68 bits per heavy atom. The molecule has 0 radical (unpaired) electrons. The van der Waals surface area contributed by atoms with Gasteiger partial charge in [-0.15, -0.1) is 0 Å². The monoisotopic (exact) mass is 304 g/mol. The van der Waals surface area contributed by atoms with Crippen molar-refractivity contribution >= 4 is 6.03 Å². The summed E-state index contributed by atoms with van der Waals surface area (Å²) >= 11 is 0. The molecule has 2 amide bonds. The van der Waals surface area contributed by atoms with Gasteiger partial charge in [0.25, 0.3) is 0 Å². The molecule has 22 heavy (non-hydrogen) atoms. The van der Waals surface area contributed by atoms with Gasteiger partial charge < -0.3 is 20.1 Å². The number of ether oxygens (including phenoxy) is 2. The summed E-state index contributed by atoms with van der Waals surface area (Å²) in [6.07, 6.45) is 2.03. The van der Waals surface area contributed by atoms with Gasteiger partial charge in [-0.1, -0.05) is 30.3 Å². The van der Waals surface area contributed by atoms with Gasteiger partial charge in [-0.25, -0.2) is 4.79 Å². The maximum Gasteiger partial charge on any atom is 0.315 e. The van der Waals surface area contributed by atoms with Crippen molar-refractivity contribution in [1.82, 2.24) is 10.6 Å². The van der Waals surface area contributed by atoms with Crippen LogP contribution < -0.4 is 10.6 Å². The molecule has 0 bridgehead atoms. The number of amides is 2. The van der Waals surface area contributed by atoms with Crippen LogP contribution in [0.15, 0.2) is 30.3 Å². The molecule has 2 fully saturated rings. The van der Waals surface area contributed by atoms with E-state index in [1.165, 1.54) is 5.56 Å². The molecule has 5 heteroatoms. The lowest BCUT2D eigenvalue weighted by molar-refractivity contribution is 0.0907. The standard InChI is InChI=1S/C17H24N2O3/c1-12-15(8-10-21-12)19-17(20)18-11-14-7-9-22-16(14)13-5-3-2-4-6-13/h2-6,12,14-16H,7-11H2,1H3,(H2,18,19,20)/t12-,14+,15-,16+/m0/s1. The summed E-state index contributed by atoms with van der Waals surface area (Å²) in [6, 6.07) is 10.2. The largest absolute Gasteiger partial charge is 0.376 e. The molecule has 2 saturated heterocycles. The van der Waals surface area contributed by atoms with E-state index in [-0.39, 0.29) is 24.3 Å². The van der Waals surface area contributed by atoms with Crippen molar-refractivity contribution in [2.24, 2.45) is 5.92 Å². The van der Waals surface area contributed by atoms with E-state index in [1.54, 1.807) is 0 Å². The highest BCUT2D eigenvalue weighted by molar-refractivity contribution is 5.74. The Kier molecular flexibility index (Phi) is 4.95. The number of carbonyl (C=O) groups excluding carboxylic acids is 1. The van der Waals surface area contributed by atoms with Crippen LogP contribution in [0.3, 0.4) is 0 Å². The number of hydrogen-bond acceptors (Lipinski definition) is 3. The predicted molar refractivity (Wildman–Crippen MR) is 83.6 cm³/mol. The van der Waals surface area contributed by atoms with Crippen LogP contribution in [0.5, 0.6) is 0 Å². The van der Waals surface area contributed by atoms with Crippen molar-refractivity contribution < 1.29 is 14.3 Å². The summed E-state index contributed by atoms with van der Waals surface area (Å²) < 4.78 is 11.3. The Morgan fingerprint density at radius 2 is 1.95 bits per heavy atom. The van der Waals surface area contributed by atoms with Gasteiger partial charge in [-0.3, -0.25) is 0 Å². The first-order valence-corrected chi connectivity index (χ1v) is 8.06. The maximum atomic E-state index is 12.0. The Labute approximate surface area is 131 Å². The second kappa shape index (κ2) is 7.11. The Balaban J connectivity index is 1.49. The summed E-state index contributed by atoms with van der Waals surface area (Å²) in [5.74, 6) is 0.324. The smallest absolute Gasteiger partial charge is 0.315 e. The molecule has 2 N–H and O–H groups in total. The third-order valence-corrected chi connectivity index (χ3v) is 4.56. The molecule has 0 aromatic heterocycles. The minimum atomic E-state index is -0.110. The summed E-state index contributed by atoms with van der Waals surface area (Å²) in [6.45, 7) is 4.10. The van der Waals surface area contributed by atoms with Gasteiger partial charge in [0.05, 0.1) is 18.2 Å². The van der Waals surface area contributed by atoms with Crippen molar-refractivity contribution in [3.05, 3.63) is 35.9 Å². The SMILES string of the molecule is C[C@@H]1OCC[C@@H]1NC(=O)NC[C@H]1CCO[C@@H]1c1ccccc1. The predicted octanol–water partition coefficient (Wildman–Crippen LogP) is 2.24. The minimum absolute atomic E-state index is 0.0789. The zero-order chi connectivity index (χ0) is 15.4. The molecule has 4 atom stereocenters. The Hall–Kier alpha value is -1.59. The van der Waals surface area contributed by atoms with E-state index in [4.69, 9.17) is 9.47 Å². The lowest BCUT2D eigenvalue weighted by Gasteiger charge is -2.21. The molecular formula is C17H24N2O3. The highest BCUT2D eigenvalue weighted by Crippen LogP contribution is 2.33. The van der Waals surface area contributed by atoms with E-state index in [0.29, 0.717) is 12.5 Å². The second-order valence-electron chi connectivity index (χ2n) is 6.08. The number of carbonyl (C=O) groups is 1. The fraction of sp³-hybridized carbons (Fsp3) is 0.588. The molecule has 3 rings (SSSR count). The third-order valence-electron chi connectivity index (χ3n) is 4.56. The van der Waals surface area contributed by atoms with Gasteiger partial charge >= 0.3 is 6.03 Å². The van der Waals surface area contributed by atoms with Crippen molar-refractivity contribution in [3.63, 3.8) is 0 Å². The average Bonchev–Trinajstić information content (AvgIpc) is 3.16. The van der Waals surface area contributed by atoms with Crippen molar-refractivity contribution in [3.8, 4) is 0 Å². The lowest BCUT2D eigenvalue weighted by Crippen LogP contribution is -2.46. The number of urea groups is 1. The fourth-order valence-electron chi connectivity index (χ4n) is 3.22. The third kappa shape index (κ3) is 3.59. The minimum Gasteiger partial charge on any atom is -0.376 e. The molecule has 1 aromatic carbocycles. The molecule has 1 aromatic rings. The molecule has 0 saturated carbocycles. The van der Waals surface area contributed by atoms with E-state index < -0.39 is 0 Å². The molecule has 0 spiro atoms. The molecule has 2 aliphatic rings. The van der Waals surface area contributed by atoms with Crippen molar-refractivity contribution in [1.29, 1.82) is 0 Å². The summed E-state index contributed by atoms with van der Waals surface area (Å²) in [7, 11) is 0. The van der Waals surface area contributed by atoms with Crippen molar-refractivity contribution in [2.45, 2.75) is 38.0 Å². The summed E-state index contributed by atoms with van der Waals surface area (Å²) in [5, 5.41) is 5.98. The maximum absolute atomic E-state index is 12.0. The summed E-state index contributed by atoms with van der Waals surface area (Å²) in [4.78, 5) is 12.0. The van der Waals surface area contributed by atoms with Crippen LogP contribution in [-0.2, 0) is 9.47 Å². The first-order chi connectivity index (χ1) is 10.7. The molecule has 2 heterocycles. The van der Waals surface area contributed by atoms with E-state index in [9.17, 15) is 4.79 Å². The van der Waals surface area contributed by atoms with E-state index in [0.717, 1.165) is 26.1 Å². The highest BCUT2D eigenvalue weighted by atomic mass is 16.5. The zero-order valence-corrected chi connectivity index (χ0v) is 13.0. The van der Waals surface area contributed by atoms with Crippen LogP contribution >= 0.6 is 0 Å². The van der Waals surface area contributed by atoms with Crippen LogP contribution in [0.1, 0.15) is 31.4 Å². The number of benzene rings is 1. The van der Waals surface area contributed by atoms with Gasteiger partial charge in [-0.05, 0) is 25.3 Å². The molecule has 120 valence electrons. The quantitative estimate of drug-likeness (QED) is 0.897. The Bertz CT molecular complexity index is 494. The van der Waals surface area contributed by atoms with E-state index in [2.05, 4.69) is 22.8 Å². The number of hydrogen-bond donors (Lipinski definition) is 2. The average molecular weight is 304 g/mol. The van der Waals surface area contributed by atoms with Crippen LogP contribution in [0.25, 0.3) is 0 Å². The normalized spacial score (nSPS) is 31.1. The number of nitrogens with one attached hydrogen (secondary N) is 2. The van der Waals surface area contributed by atoms with E-state index in [1.807, 2.05) is 25.1 Å². The van der Waals surface area contributed by atoms with Crippen LogP contribution in [0.4, 0.5) is 4.79 Å². The van der Waals surface area contributed by atoms with E-state index >= 15 is 0 Å². The fourth-order valence-corrected chi connectivity index (χ4v) is 3.22. The van der Waals surface area contributed by atoms with Gasteiger partial charge in [-0.2, -0.15) is 0 Å². The first kappa shape index (κ1) is 15.3. The zero-order valence-electron chi connectivity index (χ0n) is 13.0. The van der Waals surface area contributed by atoms with Gasteiger partial charge in [0.1, 0.15) is 0 Å². The first-order valence-electron chi connectivity index (χ1n) is 8.06. The molecular weight excluding hydrogens is 280 g/mol. The molecule has 0 aliphatic carbocycles. The Morgan fingerprint density at radius 1 is 1.18 bits per heavy atom. The van der Waals surface area contributed by atoms with Gasteiger partial charge in [0.15, 0.2) is 0 Å². The molecule has 5 nitrogen and oxygen atoms in total. The van der Waals surface area contributed by atoms with Gasteiger partial charge in [0, 0.05) is 25.7 Å². The second-order valence-corrected chi connectivity index (χ2v) is 6.08. The van der Waals surface area contributed by atoms with Crippen LogP contribution in [0, 0.1) is 5.92 Å². The summed E-state index contributed by atoms with van der Waals surface area (Å²) in [5.41, 5.74) is 1.19. The van der Waals surface area contributed by atoms with Crippen LogP contribution in [-0.4, -0.2) is 37.9 Å². The van der Waals surface area contributed by atoms with Gasteiger partial charge in [0.2, 0.25) is 0 Å². The number of rotatable bonds is 4.